The van der Waals surface area contributed by atoms with Gasteiger partial charge < -0.3 is 9.47 Å². The third-order valence-electron chi connectivity index (χ3n) is 3.83. The number of rotatable bonds is 7. The Hall–Kier alpha value is -2.91. The Morgan fingerprint density at radius 1 is 1.13 bits per heavy atom. The minimum absolute atomic E-state index is 0.0597. The quantitative estimate of drug-likeness (QED) is 0.566. The summed E-state index contributed by atoms with van der Waals surface area (Å²) in [6, 6.07) is 11.1. The van der Waals surface area contributed by atoms with Gasteiger partial charge in [-0.15, -0.1) is 11.3 Å². The van der Waals surface area contributed by atoms with Crippen molar-refractivity contribution in [3.8, 4) is 17.2 Å². The summed E-state index contributed by atoms with van der Waals surface area (Å²) in [7, 11) is -3.49. The van der Waals surface area contributed by atoms with E-state index < -0.39 is 9.84 Å². The molecule has 2 aromatic carbocycles. The SMILES string of the molecule is Cc1csc(NC(=O)c2cc(Oc3ccccc3S(C)(=O)=O)cc(OC(C)C)c2)n1. The van der Waals surface area contributed by atoms with E-state index in [0.29, 0.717) is 16.4 Å². The van der Waals surface area contributed by atoms with E-state index in [1.165, 1.54) is 23.5 Å². The summed E-state index contributed by atoms with van der Waals surface area (Å²) in [5.74, 6) is 0.507. The fraction of sp³-hybridized carbons (Fsp3) is 0.238. The Kier molecular flexibility index (Phi) is 6.42. The number of amides is 1. The third-order valence-corrected chi connectivity index (χ3v) is 5.84. The standard InChI is InChI=1S/C21H22N2O5S2/c1-13(2)27-16-9-15(20(24)23-21-22-14(3)12-29-21)10-17(11-16)28-18-7-5-6-8-19(18)30(4,25)26/h5-13H,1-4H3,(H,22,23,24). The van der Waals surface area contributed by atoms with Gasteiger partial charge in [-0.2, -0.15) is 0 Å². The fourth-order valence-electron chi connectivity index (χ4n) is 2.65. The van der Waals surface area contributed by atoms with Crippen LogP contribution in [0.25, 0.3) is 0 Å². The number of benzene rings is 2. The van der Waals surface area contributed by atoms with Crippen molar-refractivity contribution in [2.75, 3.05) is 11.6 Å². The van der Waals surface area contributed by atoms with Gasteiger partial charge in [0.1, 0.15) is 22.1 Å². The smallest absolute Gasteiger partial charge is 0.257 e. The zero-order chi connectivity index (χ0) is 21.9. The van der Waals surface area contributed by atoms with Crippen LogP contribution in [0.3, 0.4) is 0 Å². The number of aromatic nitrogens is 1. The van der Waals surface area contributed by atoms with Crippen molar-refractivity contribution in [3.05, 3.63) is 59.1 Å². The molecule has 0 saturated heterocycles. The van der Waals surface area contributed by atoms with Gasteiger partial charge in [0.25, 0.3) is 5.91 Å². The Morgan fingerprint density at radius 3 is 2.47 bits per heavy atom. The molecule has 0 radical (unpaired) electrons. The summed E-state index contributed by atoms with van der Waals surface area (Å²) >= 11 is 1.33. The summed E-state index contributed by atoms with van der Waals surface area (Å²) in [6.45, 7) is 5.57. The second-order valence-corrected chi connectivity index (χ2v) is 9.77. The molecule has 0 saturated carbocycles. The number of carbonyl (C=O) groups excluding carboxylic acids is 1. The topological polar surface area (TPSA) is 94.6 Å². The molecule has 0 spiro atoms. The molecule has 0 aliphatic heterocycles. The van der Waals surface area contributed by atoms with Crippen LogP contribution < -0.4 is 14.8 Å². The maximum atomic E-state index is 12.7. The highest BCUT2D eigenvalue weighted by Crippen LogP contribution is 2.32. The monoisotopic (exact) mass is 446 g/mol. The van der Waals surface area contributed by atoms with E-state index >= 15 is 0 Å². The first kappa shape index (κ1) is 21.8. The van der Waals surface area contributed by atoms with Gasteiger partial charge in [0.15, 0.2) is 15.0 Å². The molecule has 0 unspecified atom stereocenters. The Labute approximate surface area is 179 Å². The Bertz CT molecular complexity index is 1170. The van der Waals surface area contributed by atoms with Gasteiger partial charge >= 0.3 is 0 Å². The molecule has 0 aliphatic carbocycles. The van der Waals surface area contributed by atoms with Crippen molar-refractivity contribution >= 4 is 32.2 Å². The molecule has 0 atom stereocenters. The van der Waals surface area contributed by atoms with Crippen LogP contribution in [0.1, 0.15) is 29.9 Å². The summed E-state index contributed by atoms with van der Waals surface area (Å²) in [5, 5.41) is 5.07. The summed E-state index contributed by atoms with van der Waals surface area (Å²) in [6.07, 6.45) is 0.989. The van der Waals surface area contributed by atoms with E-state index in [4.69, 9.17) is 9.47 Å². The van der Waals surface area contributed by atoms with Crippen LogP contribution >= 0.6 is 11.3 Å². The predicted molar refractivity (Wildman–Crippen MR) is 117 cm³/mol. The van der Waals surface area contributed by atoms with E-state index in [0.717, 1.165) is 11.9 Å². The fourth-order valence-corrected chi connectivity index (χ4v) is 4.13. The van der Waals surface area contributed by atoms with Crippen molar-refractivity contribution < 1.29 is 22.7 Å². The predicted octanol–water partition coefficient (Wildman–Crippen LogP) is 4.69. The highest BCUT2D eigenvalue weighted by Gasteiger charge is 2.17. The van der Waals surface area contributed by atoms with Crippen LogP contribution in [0.4, 0.5) is 5.13 Å². The molecule has 1 aromatic heterocycles. The lowest BCUT2D eigenvalue weighted by Gasteiger charge is -2.15. The zero-order valence-electron chi connectivity index (χ0n) is 17.0. The molecule has 9 heteroatoms. The lowest BCUT2D eigenvalue weighted by molar-refractivity contribution is 0.102. The molecular weight excluding hydrogens is 424 g/mol. The van der Waals surface area contributed by atoms with Crippen molar-refractivity contribution in [3.63, 3.8) is 0 Å². The van der Waals surface area contributed by atoms with Crippen molar-refractivity contribution in [2.45, 2.75) is 31.8 Å². The maximum absolute atomic E-state index is 12.7. The first-order chi connectivity index (χ1) is 14.1. The molecule has 30 heavy (non-hydrogen) atoms. The summed E-state index contributed by atoms with van der Waals surface area (Å²) < 4.78 is 35.7. The molecule has 0 fully saturated rings. The number of sulfone groups is 1. The van der Waals surface area contributed by atoms with Gasteiger partial charge in [0.2, 0.25) is 0 Å². The number of aryl methyl sites for hydroxylation is 1. The Morgan fingerprint density at radius 2 is 1.83 bits per heavy atom. The average molecular weight is 447 g/mol. The van der Waals surface area contributed by atoms with Crippen molar-refractivity contribution in [1.29, 1.82) is 0 Å². The number of anilines is 1. The lowest BCUT2D eigenvalue weighted by atomic mass is 10.2. The van der Waals surface area contributed by atoms with Gasteiger partial charge in [0, 0.05) is 23.3 Å². The molecular formula is C21H22N2O5S2. The van der Waals surface area contributed by atoms with Crippen LogP contribution in [0.15, 0.2) is 52.7 Å². The third kappa shape index (κ3) is 5.58. The summed E-state index contributed by atoms with van der Waals surface area (Å²) in [5.41, 5.74) is 1.11. The number of hydrogen-bond acceptors (Lipinski definition) is 7. The van der Waals surface area contributed by atoms with Gasteiger partial charge in [-0.1, -0.05) is 12.1 Å². The molecule has 3 rings (SSSR count). The Balaban J connectivity index is 1.96. The van der Waals surface area contributed by atoms with E-state index in [1.807, 2.05) is 26.2 Å². The van der Waals surface area contributed by atoms with E-state index in [-0.39, 0.29) is 28.4 Å². The van der Waals surface area contributed by atoms with Crippen molar-refractivity contribution in [1.82, 2.24) is 4.98 Å². The number of para-hydroxylation sites is 1. The minimum atomic E-state index is -3.49. The number of thiazole rings is 1. The number of carbonyl (C=O) groups is 1. The molecule has 0 aliphatic rings. The maximum Gasteiger partial charge on any atom is 0.257 e. The highest BCUT2D eigenvalue weighted by molar-refractivity contribution is 7.90. The van der Waals surface area contributed by atoms with Crippen LogP contribution in [-0.2, 0) is 9.84 Å². The lowest BCUT2D eigenvalue weighted by Crippen LogP contribution is -2.13. The first-order valence-electron chi connectivity index (χ1n) is 9.14. The van der Waals surface area contributed by atoms with Gasteiger partial charge in [-0.05, 0) is 45.0 Å². The summed E-state index contributed by atoms with van der Waals surface area (Å²) in [4.78, 5) is 17.0. The van der Waals surface area contributed by atoms with Crippen LogP contribution in [0.2, 0.25) is 0 Å². The second-order valence-electron chi connectivity index (χ2n) is 6.93. The highest BCUT2D eigenvalue weighted by atomic mass is 32.2. The molecule has 1 amide bonds. The van der Waals surface area contributed by atoms with E-state index in [1.54, 1.807) is 30.3 Å². The van der Waals surface area contributed by atoms with E-state index in [2.05, 4.69) is 10.3 Å². The molecule has 7 nitrogen and oxygen atoms in total. The molecule has 158 valence electrons. The second kappa shape index (κ2) is 8.85. The van der Waals surface area contributed by atoms with Crippen LogP contribution in [0, 0.1) is 6.92 Å². The average Bonchev–Trinajstić information content (AvgIpc) is 3.05. The normalized spacial score (nSPS) is 11.4. The first-order valence-corrected chi connectivity index (χ1v) is 11.9. The number of nitrogens with zero attached hydrogens (tertiary/aromatic N) is 1. The van der Waals surface area contributed by atoms with Gasteiger partial charge in [-0.3, -0.25) is 10.1 Å². The zero-order valence-corrected chi connectivity index (χ0v) is 18.6. The van der Waals surface area contributed by atoms with Crippen molar-refractivity contribution in [2.24, 2.45) is 0 Å². The molecule has 3 aromatic rings. The van der Waals surface area contributed by atoms with Crippen LogP contribution in [-0.4, -0.2) is 31.7 Å². The minimum Gasteiger partial charge on any atom is -0.491 e. The van der Waals surface area contributed by atoms with Gasteiger partial charge in [0.05, 0.1) is 11.8 Å². The van der Waals surface area contributed by atoms with E-state index in [9.17, 15) is 13.2 Å². The largest absolute Gasteiger partial charge is 0.491 e. The number of ether oxygens (including phenoxy) is 2. The van der Waals surface area contributed by atoms with Gasteiger partial charge in [-0.25, -0.2) is 13.4 Å². The number of hydrogen-bond donors (Lipinski definition) is 1. The molecule has 0 bridgehead atoms. The number of nitrogens with one attached hydrogen (secondary N) is 1. The van der Waals surface area contributed by atoms with Crippen LogP contribution in [0.5, 0.6) is 17.2 Å². The molecule has 1 heterocycles. The molecule has 1 N–H and O–H groups in total.